The number of aromatic nitrogens is 1. The minimum atomic E-state index is -2.95. The van der Waals surface area contributed by atoms with Crippen molar-refractivity contribution >= 4 is 6.41 Å². The molecule has 2 rings (SSSR count). The molecule has 1 aromatic carbocycles. The summed E-state index contributed by atoms with van der Waals surface area (Å²) >= 11 is 0. The van der Waals surface area contributed by atoms with E-state index in [1.165, 1.54) is 24.5 Å². The van der Waals surface area contributed by atoms with Gasteiger partial charge >= 0.3 is 6.61 Å². The van der Waals surface area contributed by atoms with Crippen molar-refractivity contribution in [2.24, 2.45) is 0 Å². The highest BCUT2D eigenvalue weighted by Gasteiger charge is 2.15. The van der Waals surface area contributed by atoms with Gasteiger partial charge in [-0.25, -0.2) is 4.98 Å². The van der Waals surface area contributed by atoms with Crippen LogP contribution in [-0.4, -0.2) is 24.1 Å². The molecule has 1 heterocycles. The third-order valence-corrected chi connectivity index (χ3v) is 2.69. The fourth-order valence-corrected chi connectivity index (χ4v) is 1.85. The predicted molar refractivity (Wildman–Crippen MR) is 77.2 cm³/mol. The van der Waals surface area contributed by atoms with Crippen LogP contribution in [0.2, 0.25) is 0 Å². The van der Waals surface area contributed by atoms with Crippen molar-refractivity contribution in [3.63, 3.8) is 0 Å². The van der Waals surface area contributed by atoms with Gasteiger partial charge in [0.2, 0.25) is 12.3 Å². The van der Waals surface area contributed by atoms with Gasteiger partial charge in [0.25, 0.3) is 0 Å². The summed E-state index contributed by atoms with van der Waals surface area (Å²) in [6, 6.07) is 4.42. The molecule has 0 aliphatic rings. The van der Waals surface area contributed by atoms with Gasteiger partial charge in [0.1, 0.15) is 6.26 Å². The number of carbonyl (C=O) groups excluding carboxylic acids is 1. The van der Waals surface area contributed by atoms with Crippen LogP contribution in [0.3, 0.4) is 0 Å². The van der Waals surface area contributed by atoms with E-state index in [0.717, 1.165) is 0 Å². The van der Waals surface area contributed by atoms with Crippen LogP contribution in [-0.2, 0) is 11.3 Å². The van der Waals surface area contributed by atoms with Crippen molar-refractivity contribution in [1.82, 2.24) is 10.3 Å². The molecule has 1 aromatic heterocycles. The molecule has 8 heteroatoms. The van der Waals surface area contributed by atoms with Crippen LogP contribution < -0.4 is 14.8 Å². The first-order valence-electron chi connectivity index (χ1n) is 6.87. The van der Waals surface area contributed by atoms with Crippen molar-refractivity contribution in [1.29, 1.82) is 0 Å². The van der Waals surface area contributed by atoms with E-state index in [0.29, 0.717) is 17.7 Å². The largest absolute Gasteiger partial charge is 0.487 e. The van der Waals surface area contributed by atoms with Crippen molar-refractivity contribution in [3.05, 3.63) is 30.2 Å². The molecular formula is C15H16F2N2O4. The molecule has 0 aliphatic carbocycles. The topological polar surface area (TPSA) is 73.6 Å². The van der Waals surface area contributed by atoms with E-state index in [1.54, 1.807) is 13.8 Å². The second-order valence-electron chi connectivity index (χ2n) is 4.85. The molecular weight excluding hydrogens is 310 g/mol. The number of alkyl halides is 2. The minimum Gasteiger partial charge on any atom is -0.487 e. The summed E-state index contributed by atoms with van der Waals surface area (Å²) in [5, 5.41) is 2.47. The first-order valence-corrected chi connectivity index (χ1v) is 6.87. The SMILES string of the molecule is CC(C)Oc1cc(-c2nc(CNC=O)co2)ccc1OC(F)F. The van der Waals surface area contributed by atoms with Crippen molar-refractivity contribution < 1.29 is 27.5 Å². The second kappa shape index (κ2) is 7.57. The molecule has 1 amide bonds. The maximum Gasteiger partial charge on any atom is 0.387 e. The predicted octanol–water partition coefficient (Wildman–Crippen LogP) is 2.98. The number of benzene rings is 1. The highest BCUT2D eigenvalue weighted by Crippen LogP contribution is 2.34. The average Bonchev–Trinajstić information content (AvgIpc) is 2.94. The maximum absolute atomic E-state index is 12.4. The summed E-state index contributed by atoms with van der Waals surface area (Å²) in [5.41, 5.74) is 1.07. The monoisotopic (exact) mass is 326 g/mol. The molecule has 0 spiro atoms. The number of halogens is 2. The first kappa shape index (κ1) is 16.7. The Morgan fingerprint density at radius 1 is 1.30 bits per heavy atom. The Labute approximate surface area is 131 Å². The highest BCUT2D eigenvalue weighted by atomic mass is 19.3. The number of nitrogens with zero attached hydrogens (tertiary/aromatic N) is 1. The Morgan fingerprint density at radius 2 is 2.09 bits per heavy atom. The van der Waals surface area contributed by atoms with E-state index in [4.69, 9.17) is 9.15 Å². The lowest BCUT2D eigenvalue weighted by Gasteiger charge is -2.15. The number of rotatable bonds is 8. The fourth-order valence-electron chi connectivity index (χ4n) is 1.85. The zero-order chi connectivity index (χ0) is 16.8. The van der Waals surface area contributed by atoms with Crippen molar-refractivity contribution in [2.45, 2.75) is 33.1 Å². The summed E-state index contributed by atoms with van der Waals surface area (Å²) in [5.74, 6) is 0.389. The van der Waals surface area contributed by atoms with Gasteiger partial charge in [-0.05, 0) is 32.0 Å². The van der Waals surface area contributed by atoms with Gasteiger partial charge in [-0.15, -0.1) is 0 Å². The molecule has 124 valence electrons. The van der Waals surface area contributed by atoms with E-state index in [2.05, 4.69) is 15.0 Å². The number of amides is 1. The standard InChI is InChI=1S/C15H16F2N2O4/c1-9(2)22-13-5-10(3-4-12(13)23-15(16)17)14-19-11(7-21-14)6-18-8-20/h3-5,7-9,15H,6H2,1-2H3,(H,18,20). The van der Waals surface area contributed by atoms with Crippen molar-refractivity contribution in [2.75, 3.05) is 0 Å². The number of carbonyl (C=O) groups is 1. The third kappa shape index (κ3) is 4.67. The molecule has 0 saturated carbocycles. The summed E-state index contributed by atoms with van der Waals surface area (Å²) in [6.45, 7) is 0.827. The third-order valence-electron chi connectivity index (χ3n) is 2.69. The van der Waals surface area contributed by atoms with Gasteiger partial charge in [0, 0.05) is 5.56 Å². The zero-order valence-corrected chi connectivity index (χ0v) is 12.6. The molecule has 2 aromatic rings. The summed E-state index contributed by atoms with van der Waals surface area (Å²) in [6.07, 6.45) is 1.74. The number of hydrogen-bond donors (Lipinski definition) is 1. The fraction of sp³-hybridized carbons (Fsp3) is 0.333. The summed E-state index contributed by atoms with van der Waals surface area (Å²) < 4.78 is 40.1. The van der Waals surface area contributed by atoms with Gasteiger partial charge in [-0.1, -0.05) is 0 Å². The molecule has 0 unspecified atom stereocenters. The molecule has 6 nitrogen and oxygen atoms in total. The Bertz CT molecular complexity index is 659. The van der Waals surface area contributed by atoms with Crippen molar-refractivity contribution in [3.8, 4) is 23.0 Å². The van der Waals surface area contributed by atoms with Crippen LogP contribution in [0.15, 0.2) is 28.9 Å². The number of nitrogens with one attached hydrogen (secondary N) is 1. The molecule has 23 heavy (non-hydrogen) atoms. The quantitative estimate of drug-likeness (QED) is 0.755. The average molecular weight is 326 g/mol. The lowest BCUT2D eigenvalue weighted by Crippen LogP contribution is -2.10. The van der Waals surface area contributed by atoms with Crippen LogP contribution >= 0.6 is 0 Å². The van der Waals surface area contributed by atoms with E-state index in [9.17, 15) is 13.6 Å². The van der Waals surface area contributed by atoms with Crippen LogP contribution in [0.1, 0.15) is 19.5 Å². The normalized spacial score (nSPS) is 10.9. The summed E-state index contributed by atoms with van der Waals surface area (Å²) in [4.78, 5) is 14.5. The van der Waals surface area contributed by atoms with Crippen LogP contribution in [0.5, 0.6) is 11.5 Å². The zero-order valence-electron chi connectivity index (χ0n) is 12.6. The first-order chi connectivity index (χ1) is 11.0. The molecule has 0 atom stereocenters. The Morgan fingerprint density at radius 3 is 2.74 bits per heavy atom. The van der Waals surface area contributed by atoms with Gasteiger partial charge in [-0.3, -0.25) is 4.79 Å². The Balaban J connectivity index is 2.28. The minimum absolute atomic E-state index is 0.0631. The number of oxazole rings is 1. The van der Waals surface area contributed by atoms with Gasteiger partial charge in [-0.2, -0.15) is 8.78 Å². The van der Waals surface area contributed by atoms with Crippen LogP contribution in [0.4, 0.5) is 8.78 Å². The molecule has 1 N–H and O–H groups in total. The molecule has 0 radical (unpaired) electrons. The van der Waals surface area contributed by atoms with E-state index >= 15 is 0 Å². The van der Waals surface area contributed by atoms with Crippen LogP contribution in [0.25, 0.3) is 11.5 Å². The van der Waals surface area contributed by atoms with Gasteiger partial charge < -0.3 is 19.2 Å². The Kier molecular flexibility index (Phi) is 5.51. The van der Waals surface area contributed by atoms with Crippen LogP contribution in [0, 0.1) is 0 Å². The maximum atomic E-state index is 12.4. The number of hydrogen-bond acceptors (Lipinski definition) is 5. The molecule has 0 bridgehead atoms. The Hall–Kier alpha value is -2.64. The lowest BCUT2D eigenvalue weighted by atomic mass is 10.2. The lowest BCUT2D eigenvalue weighted by molar-refractivity contribution is -0.109. The van der Waals surface area contributed by atoms with E-state index in [-0.39, 0.29) is 30.0 Å². The second-order valence-corrected chi connectivity index (χ2v) is 4.85. The van der Waals surface area contributed by atoms with E-state index < -0.39 is 6.61 Å². The summed E-state index contributed by atoms with van der Waals surface area (Å²) in [7, 11) is 0. The van der Waals surface area contributed by atoms with Gasteiger partial charge in [0.15, 0.2) is 11.5 Å². The molecule has 0 aliphatic heterocycles. The van der Waals surface area contributed by atoms with E-state index in [1.807, 2.05) is 0 Å². The molecule has 0 fully saturated rings. The smallest absolute Gasteiger partial charge is 0.387 e. The highest BCUT2D eigenvalue weighted by molar-refractivity contribution is 5.60. The number of ether oxygens (including phenoxy) is 2. The van der Waals surface area contributed by atoms with Gasteiger partial charge in [0.05, 0.1) is 18.3 Å². The molecule has 0 saturated heterocycles.